The van der Waals surface area contributed by atoms with E-state index in [4.69, 9.17) is 9.47 Å². The van der Waals surface area contributed by atoms with Gasteiger partial charge in [-0.05, 0) is 31.5 Å². The highest BCUT2D eigenvalue weighted by atomic mass is 16.5. The number of nitrogens with one attached hydrogen (secondary N) is 1. The van der Waals surface area contributed by atoms with E-state index in [1.165, 1.54) is 12.0 Å². The van der Waals surface area contributed by atoms with Crippen LogP contribution in [0.25, 0.3) is 0 Å². The Balaban J connectivity index is 2.06. The van der Waals surface area contributed by atoms with E-state index in [1.54, 1.807) is 33.1 Å². The van der Waals surface area contributed by atoms with Crippen LogP contribution in [0, 0.1) is 11.8 Å². The van der Waals surface area contributed by atoms with Crippen LogP contribution in [-0.4, -0.2) is 49.0 Å². The molecule has 1 aromatic rings. The number of carbonyl (C=O) groups is 3. The Morgan fingerprint density at radius 3 is 2.36 bits per heavy atom. The summed E-state index contributed by atoms with van der Waals surface area (Å²) in [4.78, 5) is 39.2. The smallest absolute Gasteiger partial charge is 0.326 e. The average Bonchev–Trinajstić information content (AvgIpc) is 3.08. The zero-order chi connectivity index (χ0) is 18.4. The van der Waals surface area contributed by atoms with E-state index < -0.39 is 29.4 Å². The van der Waals surface area contributed by atoms with Gasteiger partial charge in [-0.3, -0.25) is 24.6 Å². The number of imide groups is 1. The zero-order valence-corrected chi connectivity index (χ0v) is 14.7. The number of fused-ring (bicyclic) bond motifs is 1. The third-order valence-electron chi connectivity index (χ3n) is 5.28. The molecule has 0 saturated carbocycles. The summed E-state index contributed by atoms with van der Waals surface area (Å²) in [5.74, 6) is -1.84. The van der Waals surface area contributed by atoms with Crippen LogP contribution in [0.3, 0.4) is 0 Å². The van der Waals surface area contributed by atoms with Gasteiger partial charge in [-0.2, -0.15) is 0 Å². The molecule has 2 aliphatic heterocycles. The summed E-state index contributed by atoms with van der Waals surface area (Å²) < 4.78 is 10.1. The van der Waals surface area contributed by atoms with Crippen molar-refractivity contribution >= 4 is 17.8 Å². The van der Waals surface area contributed by atoms with Gasteiger partial charge in [0.2, 0.25) is 11.8 Å². The van der Waals surface area contributed by atoms with Crippen molar-refractivity contribution in [2.75, 3.05) is 20.8 Å². The highest BCUT2D eigenvalue weighted by Gasteiger charge is 2.66. The number of nitrogens with zero attached hydrogens (tertiary/aromatic N) is 1. The van der Waals surface area contributed by atoms with Crippen molar-refractivity contribution < 1.29 is 23.9 Å². The van der Waals surface area contributed by atoms with Gasteiger partial charge in [0, 0.05) is 12.6 Å². The van der Waals surface area contributed by atoms with Crippen LogP contribution in [0.5, 0.6) is 5.75 Å². The monoisotopic (exact) mass is 346 g/mol. The summed E-state index contributed by atoms with van der Waals surface area (Å²) in [6.07, 6.45) is 0. The lowest BCUT2D eigenvalue weighted by Gasteiger charge is -2.28. The number of ether oxygens (including phenoxy) is 2. The van der Waals surface area contributed by atoms with Crippen LogP contribution in [-0.2, 0) is 19.1 Å². The van der Waals surface area contributed by atoms with E-state index in [1.807, 2.05) is 12.1 Å². The van der Waals surface area contributed by atoms with Gasteiger partial charge in [0.1, 0.15) is 11.3 Å². The number of esters is 1. The maximum atomic E-state index is 12.8. The van der Waals surface area contributed by atoms with Gasteiger partial charge in [0.15, 0.2) is 0 Å². The minimum absolute atomic E-state index is 0.251. The molecule has 0 bridgehead atoms. The lowest BCUT2D eigenvalue weighted by Crippen LogP contribution is -2.53. The standard InChI is InChI=1S/C18H22N2O5/c1-5-20-15(21)12-13(16(20)22)18(2,17(23)25-4)19-14(12)10-6-8-11(24-3)9-7-10/h6-9,12-14,19H,5H2,1-4H3/t12-,13+,14-,18-/m1/s1. The van der Waals surface area contributed by atoms with Crippen LogP contribution in [0.1, 0.15) is 25.5 Å². The Kier molecular flexibility index (Phi) is 4.28. The van der Waals surface area contributed by atoms with Gasteiger partial charge in [-0.1, -0.05) is 12.1 Å². The Labute approximate surface area is 146 Å². The van der Waals surface area contributed by atoms with E-state index in [9.17, 15) is 14.4 Å². The summed E-state index contributed by atoms with van der Waals surface area (Å²) in [5.41, 5.74) is -0.428. The van der Waals surface area contributed by atoms with Crippen molar-refractivity contribution in [1.82, 2.24) is 10.2 Å². The van der Waals surface area contributed by atoms with Crippen molar-refractivity contribution in [1.29, 1.82) is 0 Å². The number of amides is 2. The summed E-state index contributed by atoms with van der Waals surface area (Å²) in [7, 11) is 2.86. The first-order valence-electron chi connectivity index (χ1n) is 8.24. The number of methoxy groups -OCH3 is 2. The quantitative estimate of drug-likeness (QED) is 0.644. The van der Waals surface area contributed by atoms with Crippen LogP contribution < -0.4 is 10.1 Å². The second kappa shape index (κ2) is 6.15. The Hall–Kier alpha value is -2.41. The van der Waals surface area contributed by atoms with Gasteiger partial charge in [0.25, 0.3) is 0 Å². The number of rotatable bonds is 4. The molecule has 3 rings (SSSR count). The molecule has 134 valence electrons. The Morgan fingerprint density at radius 2 is 1.84 bits per heavy atom. The molecule has 25 heavy (non-hydrogen) atoms. The number of likely N-dealkylation sites (tertiary alicyclic amines) is 1. The molecule has 0 radical (unpaired) electrons. The molecule has 1 aromatic carbocycles. The number of hydrogen-bond donors (Lipinski definition) is 1. The van der Waals surface area contributed by atoms with E-state index in [0.29, 0.717) is 5.75 Å². The van der Waals surface area contributed by atoms with E-state index in [0.717, 1.165) is 5.56 Å². The predicted molar refractivity (Wildman–Crippen MR) is 88.7 cm³/mol. The molecular formula is C18H22N2O5. The van der Waals surface area contributed by atoms with Gasteiger partial charge in [-0.15, -0.1) is 0 Å². The fourth-order valence-corrected chi connectivity index (χ4v) is 4.01. The van der Waals surface area contributed by atoms with Crippen LogP contribution >= 0.6 is 0 Å². The van der Waals surface area contributed by atoms with Gasteiger partial charge in [0.05, 0.1) is 26.1 Å². The molecule has 0 aromatic heterocycles. The second-order valence-corrected chi connectivity index (χ2v) is 6.51. The highest BCUT2D eigenvalue weighted by molar-refractivity contribution is 6.09. The minimum Gasteiger partial charge on any atom is -0.497 e. The van der Waals surface area contributed by atoms with E-state index >= 15 is 0 Å². The molecule has 2 fully saturated rings. The maximum Gasteiger partial charge on any atom is 0.326 e. The Morgan fingerprint density at radius 1 is 1.20 bits per heavy atom. The second-order valence-electron chi connectivity index (χ2n) is 6.51. The van der Waals surface area contributed by atoms with Crippen molar-refractivity contribution in [3.63, 3.8) is 0 Å². The van der Waals surface area contributed by atoms with Crippen molar-refractivity contribution in [3.8, 4) is 5.75 Å². The van der Waals surface area contributed by atoms with Crippen molar-refractivity contribution in [3.05, 3.63) is 29.8 Å². The molecule has 2 heterocycles. The molecule has 7 nitrogen and oxygen atoms in total. The number of carbonyl (C=O) groups excluding carboxylic acids is 3. The zero-order valence-electron chi connectivity index (χ0n) is 14.7. The van der Waals surface area contributed by atoms with Gasteiger partial charge < -0.3 is 9.47 Å². The normalized spacial score (nSPS) is 31.2. The minimum atomic E-state index is -1.25. The maximum absolute atomic E-state index is 12.8. The van der Waals surface area contributed by atoms with Crippen LogP contribution in [0.4, 0.5) is 0 Å². The fraction of sp³-hybridized carbons (Fsp3) is 0.500. The Bertz CT molecular complexity index is 717. The third kappa shape index (κ3) is 2.41. The summed E-state index contributed by atoms with van der Waals surface area (Å²) in [6, 6.07) is 6.80. The van der Waals surface area contributed by atoms with Crippen molar-refractivity contribution in [2.24, 2.45) is 11.8 Å². The van der Waals surface area contributed by atoms with Crippen LogP contribution in [0.15, 0.2) is 24.3 Å². The molecule has 4 atom stereocenters. The van der Waals surface area contributed by atoms with E-state index in [-0.39, 0.29) is 18.4 Å². The van der Waals surface area contributed by atoms with E-state index in [2.05, 4.69) is 5.32 Å². The topological polar surface area (TPSA) is 84.9 Å². The number of hydrogen-bond acceptors (Lipinski definition) is 6. The van der Waals surface area contributed by atoms with Crippen LogP contribution in [0.2, 0.25) is 0 Å². The summed E-state index contributed by atoms with van der Waals surface area (Å²) in [5, 5.41) is 3.20. The summed E-state index contributed by atoms with van der Waals surface area (Å²) in [6.45, 7) is 3.67. The SMILES string of the molecule is CCN1C(=O)[C@H]2[C@@H](c3ccc(OC)cc3)N[C@@](C)(C(=O)OC)[C@@H]2C1=O. The largest absolute Gasteiger partial charge is 0.497 e. The molecule has 7 heteroatoms. The molecule has 0 unspecified atom stereocenters. The number of benzene rings is 1. The van der Waals surface area contributed by atoms with Crippen molar-refractivity contribution in [2.45, 2.75) is 25.4 Å². The van der Waals surface area contributed by atoms with Gasteiger partial charge in [-0.25, -0.2) is 0 Å². The third-order valence-corrected chi connectivity index (χ3v) is 5.28. The first kappa shape index (κ1) is 17.4. The molecular weight excluding hydrogens is 324 g/mol. The molecule has 0 spiro atoms. The molecule has 2 saturated heterocycles. The first-order valence-corrected chi connectivity index (χ1v) is 8.24. The van der Waals surface area contributed by atoms with Gasteiger partial charge >= 0.3 is 5.97 Å². The average molecular weight is 346 g/mol. The molecule has 0 aliphatic carbocycles. The fourth-order valence-electron chi connectivity index (χ4n) is 4.01. The highest BCUT2D eigenvalue weighted by Crippen LogP contribution is 2.48. The predicted octanol–water partition coefficient (Wildman–Crippen LogP) is 0.892. The summed E-state index contributed by atoms with van der Waals surface area (Å²) >= 11 is 0. The molecule has 2 amide bonds. The molecule has 2 aliphatic rings. The lowest BCUT2D eigenvalue weighted by molar-refractivity contribution is -0.153. The molecule has 1 N–H and O–H groups in total. The lowest BCUT2D eigenvalue weighted by atomic mass is 9.80. The first-order chi connectivity index (χ1) is 11.9.